The molecule has 5 aromatic carbocycles. The lowest BCUT2D eigenvalue weighted by Gasteiger charge is -2.40. The Morgan fingerprint density at radius 1 is 0.593 bits per heavy atom. The highest BCUT2D eigenvalue weighted by atomic mass is 15.2. The molecule has 6 aromatic rings. The highest BCUT2D eigenvalue weighted by Crippen LogP contribution is 2.48. The Bertz CT molecular complexity index is 2620. The number of hydrogen-bond acceptors (Lipinski definition) is 3. The Balaban J connectivity index is 0.923. The number of allylic oxidation sites excluding steroid dienone is 8. The SMILES string of the molecule is C1=CCC(n2c3ccccc3c3cc(-c4ccc5c(c4)C4C=CC=CC4N5C4C=CC=C(C5Nc6ccccc6C(c6ccccc6)N5)C4)ccc32)C=C1. The molecule has 2 aliphatic heterocycles. The van der Waals surface area contributed by atoms with Crippen molar-refractivity contribution >= 4 is 33.2 Å². The van der Waals surface area contributed by atoms with Crippen LogP contribution in [0.4, 0.5) is 11.4 Å². The van der Waals surface area contributed by atoms with Crippen molar-refractivity contribution in [1.82, 2.24) is 9.88 Å². The highest BCUT2D eigenvalue weighted by molar-refractivity contribution is 6.09. The number of aromatic nitrogens is 1. The quantitative estimate of drug-likeness (QED) is 0.188. The Morgan fingerprint density at radius 3 is 2.30 bits per heavy atom. The molecule has 4 nitrogen and oxygen atoms in total. The van der Waals surface area contributed by atoms with Gasteiger partial charge in [-0.2, -0.15) is 0 Å². The van der Waals surface area contributed by atoms with Crippen molar-refractivity contribution in [2.45, 2.75) is 49.1 Å². The third-order valence-corrected chi connectivity index (χ3v) is 12.3. The number of rotatable bonds is 5. The van der Waals surface area contributed by atoms with Crippen LogP contribution in [0.25, 0.3) is 32.9 Å². The van der Waals surface area contributed by atoms with Gasteiger partial charge in [-0.25, -0.2) is 0 Å². The van der Waals surface area contributed by atoms with Gasteiger partial charge in [0.15, 0.2) is 0 Å². The fourth-order valence-electron chi connectivity index (χ4n) is 9.79. The zero-order chi connectivity index (χ0) is 35.6. The Morgan fingerprint density at radius 2 is 1.37 bits per heavy atom. The predicted octanol–water partition coefficient (Wildman–Crippen LogP) is 11.3. The van der Waals surface area contributed by atoms with Gasteiger partial charge in [-0.1, -0.05) is 146 Å². The topological polar surface area (TPSA) is 32.2 Å². The molecule has 0 fully saturated rings. The number of benzene rings is 5. The van der Waals surface area contributed by atoms with Crippen LogP contribution in [0.3, 0.4) is 0 Å². The molecule has 0 spiro atoms. The molecule has 11 rings (SSSR count). The third kappa shape index (κ3) is 5.08. The van der Waals surface area contributed by atoms with Crippen molar-refractivity contribution in [2.75, 3.05) is 10.2 Å². The summed E-state index contributed by atoms with van der Waals surface area (Å²) in [6.45, 7) is 0. The van der Waals surface area contributed by atoms with E-state index in [9.17, 15) is 0 Å². The van der Waals surface area contributed by atoms with Crippen molar-refractivity contribution in [1.29, 1.82) is 0 Å². The Hall–Kier alpha value is -6.10. The predicted molar refractivity (Wildman–Crippen MR) is 225 cm³/mol. The molecule has 54 heavy (non-hydrogen) atoms. The first-order chi connectivity index (χ1) is 26.8. The van der Waals surface area contributed by atoms with E-state index in [4.69, 9.17) is 0 Å². The molecule has 6 unspecified atom stereocenters. The minimum absolute atomic E-state index is 0.0334. The number of anilines is 2. The molecule has 2 N–H and O–H groups in total. The summed E-state index contributed by atoms with van der Waals surface area (Å²) in [7, 11) is 0. The maximum absolute atomic E-state index is 3.99. The van der Waals surface area contributed by atoms with Crippen LogP contribution < -0.4 is 15.5 Å². The molecular formula is C50H42N4. The molecule has 3 heterocycles. The van der Waals surface area contributed by atoms with E-state index in [0.29, 0.717) is 12.0 Å². The van der Waals surface area contributed by atoms with Crippen LogP contribution in [0, 0.1) is 0 Å². The van der Waals surface area contributed by atoms with Crippen LogP contribution in [-0.4, -0.2) is 22.8 Å². The molecule has 0 saturated heterocycles. The minimum Gasteiger partial charge on any atom is -0.366 e. The first-order valence-electron chi connectivity index (χ1n) is 19.5. The van der Waals surface area contributed by atoms with Gasteiger partial charge in [-0.05, 0) is 82.6 Å². The normalized spacial score (nSPS) is 25.0. The summed E-state index contributed by atoms with van der Waals surface area (Å²) in [5, 5.41) is 10.5. The van der Waals surface area contributed by atoms with E-state index >= 15 is 0 Å². The molecule has 0 bridgehead atoms. The first kappa shape index (κ1) is 31.4. The maximum Gasteiger partial charge on any atom is 0.100 e. The summed E-state index contributed by atoms with van der Waals surface area (Å²) in [6.07, 6.45) is 27.2. The zero-order valence-corrected chi connectivity index (χ0v) is 30.1. The number of hydrogen-bond donors (Lipinski definition) is 2. The Kier molecular flexibility index (Phi) is 7.44. The molecule has 0 radical (unpaired) electrons. The molecule has 3 aliphatic carbocycles. The summed E-state index contributed by atoms with van der Waals surface area (Å²) in [6, 6.07) is 43.7. The summed E-state index contributed by atoms with van der Waals surface area (Å²) in [5.74, 6) is 0.310. The second-order valence-corrected chi connectivity index (χ2v) is 15.3. The van der Waals surface area contributed by atoms with Gasteiger partial charge in [0, 0.05) is 39.1 Å². The van der Waals surface area contributed by atoms with Gasteiger partial charge in [0.1, 0.15) is 6.17 Å². The lowest BCUT2D eigenvalue weighted by molar-refractivity contribution is 0.506. The number of para-hydroxylation sites is 2. The summed E-state index contributed by atoms with van der Waals surface area (Å²) in [4.78, 5) is 2.68. The molecule has 0 amide bonds. The fraction of sp³-hybridized carbons (Fsp3) is 0.160. The summed E-state index contributed by atoms with van der Waals surface area (Å²) < 4.78 is 2.53. The third-order valence-electron chi connectivity index (χ3n) is 12.3. The van der Waals surface area contributed by atoms with E-state index in [1.165, 1.54) is 66.6 Å². The van der Waals surface area contributed by atoms with Gasteiger partial charge in [-0.15, -0.1) is 0 Å². The summed E-state index contributed by atoms with van der Waals surface area (Å²) >= 11 is 0. The molecule has 262 valence electrons. The standard InChI is InChI=1S/C50H42N4/c1-3-14-33(15-4-1)49-41-22-7-10-23-44(41)51-50(52-49)36-16-13-19-38(30-36)54-46-25-12-9-21-40(46)43-32-35(27-29-48(43)54)34-26-28-47-42(31-34)39-20-8-11-24-45(39)53(47)37-17-5-2-6-18-37/h1-17,19-29,31-32,37-38,40,46,49-52H,18,30H2. The minimum atomic E-state index is 0.0334. The first-order valence-corrected chi connectivity index (χ1v) is 19.5. The van der Waals surface area contributed by atoms with Gasteiger partial charge in [0.25, 0.3) is 0 Å². The zero-order valence-electron chi connectivity index (χ0n) is 30.1. The van der Waals surface area contributed by atoms with Gasteiger partial charge in [0.2, 0.25) is 0 Å². The second-order valence-electron chi connectivity index (χ2n) is 15.3. The molecule has 1 aromatic heterocycles. The lowest BCUT2D eigenvalue weighted by atomic mass is 9.88. The van der Waals surface area contributed by atoms with Crippen molar-refractivity contribution in [2.24, 2.45) is 0 Å². The monoisotopic (exact) mass is 698 g/mol. The lowest BCUT2D eigenvalue weighted by Crippen LogP contribution is -2.47. The average molecular weight is 699 g/mol. The molecule has 5 aliphatic rings. The van der Waals surface area contributed by atoms with E-state index in [1.54, 1.807) is 0 Å². The average Bonchev–Trinajstić information content (AvgIpc) is 3.76. The van der Waals surface area contributed by atoms with Gasteiger partial charge >= 0.3 is 0 Å². The molecular weight excluding hydrogens is 657 g/mol. The smallest absolute Gasteiger partial charge is 0.100 e. The van der Waals surface area contributed by atoms with Crippen LogP contribution in [0.5, 0.6) is 0 Å². The van der Waals surface area contributed by atoms with Crippen molar-refractivity contribution in [3.05, 3.63) is 204 Å². The number of fused-ring (bicyclic) bond motifs is 7. The van der Waals surface area contributed by atoms with Crippen molar-refractivity contribution in [3.8, 4) is 11.1 Å². The molecule has 6 atom stereocenters. The number of nitrogens with zero attached hydrogens (tertiary/aromatic N) is 2. The summed E-state index contributed by atoms with van der Waals surface area (Å²) in [5.41, 5.74) is 13.0. The van der Waals surface area contributed by atoms with Crippen LogP contribution in [0.2, 0.25) is 0 Å². The van der Waals surface area contributed by atoms with Gasteiger partial charge in [0.05, 0.1) is 24.2 Å². The largest absolute Gasteiger partial charge is 0.366 e. The van der Waals surface area contributed by atoms with E-state index in [-0.39, 0.29) is 24.3 Å². The molecule has 0 saturated carbocycles. The second kappa shape index (κ2) is 12.8. The van der Waals surface area contributed by atoms with Crippen molar-refractivity contribution in [3.63, 3.8) is 0 Å². The van der Waals surface area contributed by atoms with Crippen LogP contribution >= 0.6 is 0 Å². The van der Waals surface area contributed by atoms with E-state index in [0.717, 1.165) is 12.8 Å². The van der Waals surface area contributed by atoms with E-state index < -0.39 is 0 Å². The van der Waals surface area contributed by atoms with Gasteiger partial charge in [-0.3, -0.25) is 5.32 Å². The van der Waals surface area contributed by atoms with E-state index in [1.807, 2.05) is 0 Å². The fourth-order valence-corrected chi connectivity index (χ4v) is 9.79. The molecule has 4 heteroatoms. The van der Waals surface area contributed by atoms with Gasteiger partial charge < -0.3 is 14.8 Å². The van der Waals surface area contributed by atoms with Crippen LogP contribution in [0.1, 0.15) is 47.5 Å². The number of nitrogens with one attached hydrogen (secondary N) is 2. The Labute approximate surface area is 316 Å². The van der Waals surface area contributed by atoms with Crippen LogP contribution in [0.15, 0.2) is 188 Å². The van der Waals surface area contributed by atoms with E-state index in [2.05, 4.69) is 202 Å². The van der Waals surface area contributed by atoms with Crippen molar-refractivity contribution < 1.29 is 0 Å². The van der Waals surface area contributed by atoms with Crippen LogP contribution in [-0.2, 0) is 0 Å². The maximum atomic E-state index is 3.99. The highest BCUT2D eigenvalue weighted by Gasteiger charge is 2.41.